The van der Waals surface area contributed by atoms with Crippen molar-refractivity contribution in [1.82, 2.24) is 0 Å². The van der Waals surface area contributed by atoms with Gasteiger partial charge in [0.15, 0.2) is 0 Å². The van der Waals surface area contributed by atoms with E-state index < -0.39 is 0 Å². The number of thiophene rings is 1. The van der Waals surface area contributed by atoms with Crippen molar-refractivity contribution in [2.45, 2.75) is 19.3 Å². The Morgan fingerprint density at radius 3 is 2.73 bits per heavy atom. The Hall–Kier alpha value is -0.870. The van der Waals surface area contributed by atoms with Crippen molar-refractivity contribution in [2.75, 3.05) is 25.2 Å². The van der Waals surface area contributed by atoms with Gasteiger partial charge in [-0.15, -0.1) is 11.3 Å². The summed E-state index contributed by atoms with van der Waals surface area (Å²) in [5.74, 6) is 0. The predicted molar refractivity (Wildman–Crippen MR) is 65.1 cm³/mol. The van der Waals surface area contributed by atoms with Crippen LogP contribution in [0.5, 0.6) is 0 Å². The summed E-state index contributed by atoms with van der Waals surface area (Å²) in [5, 5.41) is 5.22. The third-order valence-corrected chi connectivity index (χ3v) is 3.19. The van der Waals surface area contributed by atoms with E-state index in [9.17, 15) is 0 Å². The van der Waals surface area contributed by atoms with Gasteiger partial charge in [0.25, 0.3) is 0 Å². The van der Waals surface area contributed by atoms with E-state index in [0.717, 1.165) is 19.9 Å². The molecular weight excluding hydrogens is 208 g/mol. The molecule has 0 aliphatic carbocycles. The van der Waals surface area contributed by atoms with E-state index in [1.54, 1.807) is 11.3 Å². The first-order chi connectivity index (χ1) is 7.47. The van der Waals surface area contributed by atoms with Crippen molar-refractivity contribution < 1.29 is 4.74 Å². The second-order valence-electron chi connectivity index (χ2n) is 3.52. The second kappa shape index (κ2) is 5.88. The molecule has 0 aromatic carbocycles. The zero-order valence-electron chi connectivity index (χ0n) is 8.74. The SMILES string of the molecule is C1=NCNc2ccsc21.C1CCOCC1. The summed E-state index contributed by atoms with van der Waals surface area (Å²) >= 11 is 1.71. The van der Waals surface area contributed by atoms with Gasteiger partial charge in [0.05, 0.1) is 10.6 Å². The van der Waals surface area contributed by atoms with Crippen molar-refractivity contribution >= 4 is 23.2 Å². The van der Waals surface area contributed by atoms with Crippen LogP contribution in [0.4, 0.5) is 5.69 Å². The fraction of sp³-hybridized carbons (Fsp3) is 0.545. The Morgan fingerprint density at radius 1 is 1.27 bits per heavy atom. The zero-order chi connectivity index (χ0) is 10.3. The molecule has 0 bridgehead atoms. The van der Waals surface area contributed by atoms with Crippen LogP contribution in [0.2, 0.25) is 0 Å². The van der Waals surface area contributed by atoms with Crippen LogP contribution in [-0.2, 0) is 4.74 Å². The van der Waals surface area contributed by atoms with Crippen LogP contribution in [-0.4, -0.2) is 26.1 Å². The molecule has 4 heteroatoms. The lowest BCUT2D eigenvalue weighted by Gasteiger charge is -2.08. The van der Waals surface area contributed by atoms with Gasteiger partial charge >= 0.3 is 0 Å². The van der Waals surface area contributed by atoms with E-state index in [2.05, 4.69) is 21.8 Å². The minimum atomic E-state index is 0.726. The molecule has 3 nitrogen and oxygen atoms in total. The van der Waals surface area contributed by atoms with Crippen LogP contribution in [0.3, 0.4) is 0 Å². The molecule has 0 amide bonds. The van der Waals surface area contributed by atoms with E-state index >= 15 is 0 Å². The number of hydrogen-bond donors (Lipinski definition) is 1. The van der Waals surface area contributed by atoms with Crippen molar-refractivity contribution in [3.8, 4) is 0 Å². The number of nitrogens with zero attached hydrogens (tertiary/aromatic N) is 1. The molecule has 2 aliphatic heterocycles. The highest BCUT2D eigenvalue weighted by molar-refractivity contribution is 7.12. The topological polar surface area (TPSA) is 33.6 Å². The number of hydrogen-bond acceptors (Lipinski definition) is 4. The smallest absolute Gasteiger partial charge is 0.107 e. The van der Waals surface area contributed by atoms with Crippen LogP contribution in [0, 0.1) is 0 Å². The molecule has 82 valence electrons. The average Bonchev–Trinajstić information content (AvgIpc) is 2.80. The monoisotopic (exact) mass is 224 g/mol. The lowest BCUT2D eigenvalue weighted by molar-refractivity contribution is 0.0968. The van der Waals surface area contributed by atoms with Gasteiger partial charge < -0.3 is 10.1 Å². The van der Waals surface area contributed by atoms with Crippen LogP contribution < -0.4 is 5.32 Å². The third-order valence-electron chi connectivity index (χ3n) is 2.34. The Labute approximate surface area is 94.2 Å². The summed E-state index contributed by atoms with van der Waals surface area (Å²) in [6.07, 6.45) is 5.84. The zero-order valence-corrected chi connectivity index (χ0v) is 9.55. The summed E-state index contributed by atoms with van der Waals surface area (Å²) in [4.78, 5) is 5.30. The second-order valence-corrected chi connectivity index (χ2v) is 4.47. The molecule has 0 unspecified atom stereocenters. The first-order valence-corrected chi connectivity index (χ1v) is 6.24. The first kappa shape index (κ1) is 10.6. The maximum absolute atomic E-state index is 5.07. The van der Waals surface area contributed by atoms with Crippen molar-refractivity contribution in [3.63, 3.8) is 0 Å². The highest BCUT2D eigenvalue weighted by Crippen LogP contribution is 2.21. The Morgan fingerprint density at radius 2 is 2.13 bits per heavy atom. The standard InChI is InChI=1S/C6H6N2S.C5H10O/c1-2-9-6-3-7-4-8-5(1)6;1-2-4-6-5-3-1/h1-3,8H,4H2;1-5H2. The number of anilines is 1. The van der Waals surface area contributed by atoms with Gasteiger partial charge in [-0.1, -0.05) is 0 Å². The van der Waals surface area contributed by atoms with E-state index in [-0.39, 0.29) is 0 Å². The minimum absolute atomic E-state index is 0.726. The Kier molecular flexibility index (Phi) is 4.17. The normalized spacial score (nSPS) is 18.4. The van der Waals surface area contributed by atoms with Gasteiger partial charge in [0.2, 0.25) is 0 Å². The molecule has 1 saturated heterocycles. The van der Waals surface area contributed by atoms with Crippen molar-refractivity contribution in [2.24, 2.45) is 4.99 Å². The van der Waals surface area contributed by atoms with Crippen LogP contribution in [0.25, 0.3) is 0 Å². The quantitative estimate of drug-likeness (QED) is 0.735. The summed E-state index contributed by atoms with van der Waals surface area (Å²) in [5.41, 5.74) is 1.22. The number of aliphatic imine (C=N–C) groups is 1. The molecule has 3 rings (SSSR count). The summed E-state index contributed by atoms with van der Waals surface area (Å²) in [6, 6.07) is 2.07. The van der Waals surface area contributed by atoms with Gasteiger partial charge in [-0.25, -0.2) is 0 Å². The maximum Gasteiger partial charge on any atom is 0.107 e. The van der Waals surface area contributed by atoms with Gasteiger partial charge in [-0.05, 0) is 30.7 Å². The largest absolute Gasteiger partial charge is 0.381 e. The van der Waals surface area contributed by atoms with Gasteiger partial charge in [0.1, 0.15) is 6.67 Å². The van der Waals surface area contributed by atoms with Crippen molar-refractivity contribution in [3.05, 3.63) is 16.3 Å². The summed E-state index contributed by atoms with van der Waals surface area (Å²) in [6.45, 7) is 2.73. The average molecular weight is 224 g/mol. The molecular formula is C11H16N2OS. The Balaban J connectivity index is 0.000000124. The number of rotatable bonds is 0. The van der Waals surface area contributed by atoms with E-state index in [0.29, 0.717) is 0 Å². The van der Waals surface area contributed by atoms with E-state index in [1.165, 1.54) is 29.8 Å². The highest BCUT2D eigenvalue weighted by atomic mass is 32.1. The van der Waals surface area contributed by atoms with Gasteiger partial charge in [0, 0.05) is 19.4 Å². The first-order valence-electron chi connectivity index (χ1n) is 5.36. The highest BCUT2D eigenvalue weighted by Gasteiger charge is 2.02. The predicted octanol–water partition coefficient (Wildman–Crippen LogP) is 2.74. The molecule has 2 aliphatic rings. The molecule has 1 N–H and O–H groups in total. The van der Waals surface area contributed by atoms with Crippen LogP contribution >= 0.6 is 11.3 Å². The lowest BCUT2D eigenvalue weighted by atomic mass is 10.2. The van der Waals surface area contributed by atoms with Crippen molar-refractivity contribution in [1.29, 1.82) is 0 Å². The lowest BCUT2D eigenvalue weighted by Crippen LogP contribution is -2.04. The number of fused-ring (bicyclic) bond motifs is 1. The number of ether oxygens (including phenoxy) is 1. The summed E-state index contributed by atoms with van der Waals surface area (Å²) < 4.78 is 5.07. The fourth-order valence-electron chi connectivity index (χ4n) is 1.51. The van der Waals surface area contributed by atoms with Gasteiger partial charge in [-0.3, -0.25) is 4.99 Å². The van der Waals surface area contributed by atoms with Crippen LogP contribution in [0.1, 0.15) is 24.1 Å². The van der Waals surface area contributed by atoms with E-state index in [4.69, 9.17) is 4.74 Å². The van der Waals surface area contributed by atoms with Gasteiger partial charge in [-0.2, -0.15) is 0 Å². The molecule has 1 aromatic rings. The molecule has 0 radical (unpaired) electrons. The van der Waals surface area contributed by atoms with Crippen LogP contribution in [0.15, 0.2) is 16.4 Å². The molecule has 15 heavy (non-hydrogen) atoms. The molecule has 1 aromatic heterocycles. The minimum Gasteiger partial charge on any atom is -0.381 e. The molecule has 0 saturated carbocycles. The maximum atomic E-state index is 5.07. The molecule has 3 heterocycles. The third kappa shape index (κ3) is 3.32. The molecule has 0 atom stereocenters. The fourth-order valence-corrected chi connectivity index (χ4v) is 2.27. The molecule has 0 spiro atoms. The number of nitrogens with one attached hydrogen (secondary N) is 1. The molecule has 1 fully saturated rings. The summed E-state index contributed by atoms with van der Waals surface area (Å²) in [7, 11) is 0. The van der Waals surface area contributed by atoms with E-state index in [1.807, 2.05) is 6.21 Å². The Bertz CT molecular complexity index is 307.